The molecule has 0 spiro atoms. The van der Waals surface area contributed by atoms with E-state index in [4.69, 9.17) is 23.2 Å². The Labute approximate surface area is 141 Å². The third-order valence-electron chi connectivity index (χ3n) is 3.36. The number of nitrogens with zero attached hydrogens (tertiary/aromatic N) is 3. The highest BCUT2D eigenvalue weighted by atomic mass is 35.5. The Morgan fingerprint density at radius 1 is 1.30 bits per heavy atom. The van der Waals surface area contributed by atoms with Gasteiger partial charge in [-0.15, -0.1) is 0 Å². The van der Waals surface area contributed by atoms with Crippen molar-refractivity contribution < 1.29 is 9.90 Å². The van der Waals surface area contributed by atoms with Gasteiger partial charge in [0, 0.05) is 34.5 Å². The first-order valence-electron chi connectivity index (χ1n) is 6.75. The van der Waals surface area contributed by atoms with Gasteiger partial charge >= 0.3 is 0 Å². The van der Waals surface area contributed by atoms with Crippen molar-refractivity contribution in [2.75, 3.05) is 6.54 Å². The van der Waals surface area contributed by atoms with E-state index in [1.165, 1.54) is 6.20 Å². The van der Waals surface area contributed by atoms with Gasteiger partial charge in [-0.1, -0.05) is 29.3 Å². The maximum atomic E-state index is 12.3. The first-order chi connectivity index (χ1) is 11.1. The monoisotopic (exact) mass is 350 g/mol. The average Bonchev–Trinajstić information content (AvgIpc) is 2.96. The van der Waals surface area contributed by atoms with Crippen LogP contribution in [0.5, 0.6) is 0 Å². The van der Waals surface area contributed by atoms with Crippen molar-refractivity contribution in [2.24, 2.45) is 0 Å². The van der Waals surface area contributed by atoms with Crippen LogP contribution in [0.4, 0.5) is 0 Å². The van der Waals surface area contributed by atoms with Gasteiger partial charge in [-0.2, -0.15) is 5.10 Å². The zero-order valence-corrected chi connectivity index (χ0v) is 13.3. The largest absolute Gasteiger partial charge is 0.386 e. The molecule has 0 fully saturated rings. The third-order valence-corrected chi connectivity index (χ3v) is 4.02. The molecule has 23 heavy (non-hydrogen) atoms. The van der Waals surface area contributed by atoms with Gasteiger partial charge in [-0.25, -0.2) is 4.52 Å². The Kier molecular flexibility index (Phi) is 4.47. The molecule has 0 unspecified atom stereocenters. The van der Waals surface area contributed by atoms with E-state index >= 15 is 0 Å². The molecule has 0 saturated heterocycles. The molecule has 0 aliphatic carbocycles. The lowest BCUT2D eigenvalue weighted by Crippen LogP contribution is -2.28. The summed E-state index contributed by atoms with van der Waals surface area (Å²) >= 11 is 12.1. The number of aliphatic hydroxyl groups excluding tert-OH is 1. The fraction of sp³-hybridized carbons (Fsp3) is 0.133. The third kappa shape index (κ3) is 3.14. The summed E-state index contributed by atoms with van der Waals surface area (Å²) in [6.45, 7) is -0.0279. The van der Waals surface area contributed by atoms with Crippen LogP contribution < -0.4 is 5.32 Å². The van der Waals surface area contributed by atoms with E-state index in [9.17, 15) is 9.90 Å². The molecular weight excluding hydrogens is 339 g/mol. The minimum Gasteiger partial charge on any atom is -0.386 e. The average molecular weight is 351 g/mol. The van der Waals surface area contributed by atoms with Gasteiger partial charge in [0.25, 0.3) is 5.91 Å². The molecule has 0 saturated carbocycles. The topological polar surface area (TPSA) is 79.5 Å². The second-order valence-electron chi connectivity index (χ2n) is 4.83. The van der Waals surface area contributed by atoms with Crippen LogP contribution in [0.15, 0.2) is 43.0 Å². The van der Waals surface area contributed by atoms with Crippen LogP contribution in [0.2, 0.25) is 10.0 Å². The van der Waals surface area contributed by atoms with Crippen LogP contribution in [0.3, 0.4) is 0 Å². The van der Waals surface area contributed by atoms with Gasteiger partial charge in [0.2, 0.25) is 0 Å². The molecule has 1 atom stereocenters. The molecule has 1 amide bonds. The Bertz CT molecular complexity index is 845. The van der Waals surface area contributed by atoms with Crippen LogP contribution in [0.25, 0.3) is 5.52 Å². The number of rotatable bonds is 4. The highest BCUT2D eigenvalue weighted by Gasteiger charge is 2.18. The zero-order valence-electron chi connectivity index (χ0n) is 11.8. The van der Waals surface area contributed by atoms with Gasteiger partial charge in [0.15, 0.2) is 0 Å². The summed E-state index contributed by atoms with van der Waals surface area (Å²) in [5.41, 5.74) is 1.34. The molecule has 2 aromatic heterocycles. The van der Waals surface area contributed by atoms with Crippen LogP contribution in [0, 0.1) is 0 Å². The molecule has 3 rings (SSSR count). The second-order valence-corrected chi connectivity index (χ2v) is 5.64. The predicted octanol–water partition coefficient (Wildman–Crippen LogP) is 2.50. The number of aliphatic hydroxyl groups is 1. The van der Waals surface area contributed by atoms with Crippen molar-refractivity contribution in [1.29, 1.82) is 0 Å². The molecule has 2 N–H and O–H groups in total. The Morgan fingerprint density at radius 3 is 2.78 bits per heavy atom. The number of nitrogens with one attached hydrogen (secondary N) is 1. The van der Waals surface area contributed by atoms with Crippen LogP contribution in [-0.2, 0) is 0 Å². The Balaban J connectivity index is 1.74. The lowest BCUT2D eigenvalue weighted by atomic mass is 10.1. The number of carbonyl (C=O) groups is 1. The smallest absolute Gasteiger partial charge is 0.255 e. The zero-order chi connectivity index (χ0) is 16.4. The van der Waals surface area contributed by atoms with E-state index in [2.05, 4.69) is 15.4 Å². The number of fused-ring (bicyclic) bond motifs is 1. The van der Waals surface area contributed by atoms with Gasteiger partial charge in [0.1, 0.15) is 0 Å². The normalized spacial score (nSPS) is 12.3. The SMILES string of the molecule is O=C(NC[C@@H](O)c1c(Cl)cccc1Cl)c1cnn2ccncc12. The maximum absolute atomic E-state index is 12.3. The molecule has 0 radical (unpaired) electrons. The molecule has 3 aromatic rings. The van der Waals surface area contributed by atoms with Gasteiger partial charge in [0.05, 0.1) is 29.6 Å². The number of amides is 1. The summed E-state index contributed by atoms with van der Waals surface area (Å²) in [6, 6.07) is 4.95. The van der Waals surface area contributed by atoms with Crippen molar-refractivity contribution in [3.63, 3.8) is 0 Å². The second kappa shape index (κ2) is 6.54. The van der Waals surface area contributed by atoms with E-state index < -0.39 is 6.10 Å². The molecule has 0 bridgehead atoms. The molecule has 0 aliphatic heterocycles. The molecule has 2 heterocycles. The van der Waals surface area contributed by atoms with E-state index in [1.54, 1.807) is 41.3 Å². The fourth-order valence-electron chi connectivity index (χ4n) is 2.23. The summed E-state index contributed by atoms with van der Waals surface area (Å²) in [5.74, 6) is -0.366. The Hall–Kier alpha value is -2.15. The van der Waals surface area contributed by atoms with E-state index in [1.807, 2.05) is 0 Å². The molecular formula is C15H12Cl2N4O2. The Morgan fingerprint density at radius 2 is 2.04 bits per heavy atom. The van der Waals surface area contributed by atoms with Crippen molar-refractivity contribution in [1.82, 2.24) is 19.9 Å². The van der Waals surface area contributed by atoms with Gasteiger partial charge < -0.3 is 10.4 Å². The van der Waals surface area contributed by atoms with Crippen molar-refractivity contribution >= 4 is 34.6 Å². The van der Waals surface area contributed by atoms with Crippen LogP contribution >= 0.6 is 23.2 Å². The molecule has 0 aliphatic rings. The van der Waals surface area contributed by atoms with E-state index in [0.717, 1.165) is 0 Å². The summed E-state index contributed by atoms with van der Waals surface area (Å²) in [5, 5.41) is 17.6. The summed E-state index contributed by atoms with van der Waals surface area (Å²) < 4.78 is 1.54. The molecule has 118 valence electrons. The number of hydrogen-bond acceptors (Lipinski definition) is 4. The summed E-state index contributed by atoms with van der Waals surface area (Å²) in [6.07, 6.45) is 5.19. The molecule has 1 aromatic carbocycles. The van der Waals surface area contributed by atoms with Crippen molar-refractivity contribution in [3.8, 4) is 0 Å². The van der Waals surface area contributed by atoms with Crippen LogP contribution in [0.1, 0.15) is 22.0 Å². The number of carbonyl (C=O) groups excluding carboxylic acids is 1. The van der Waals surface area contributed by atoms with E-state index in [-0.39, 0.29) is 12.5 Å². The fourth-order valence-corrected chi connectivity index (χ4v) is 2.87. The number of hydrogen-bond donors (Lipinski definition) is 2. The van der Waals surface area contributed by atoms with Gasteiger partial charge in [-0.05, 0) is 12.1 Å². The number of halogens is 2. The molecule has 6 nitrogen and oxygen atoms in total. The predicted molar refractivity (Wildman–Crippen MR) is 86.7 cm³/mol. The lowest BCUT2D eigenvalue weighted by molar-refractivity contribution is 0.0918. The summed E-state index contributed by atoms with van der Waals surface area (Å²) in [4.78, 5) is 16.2. The van der Waals surface area contributed by atoms with Crippen molar-refractivity contribution in [3.05, 3.63) is 64.2 Å². The summed E-state index contributed by atoms with van der Waals surface area (Å²) in [7, 11) is 0. The maximum Gasteiger partial charge on any atom is 0.255 e. The number of aromatic nitrogens is 3. The van der Waals surface area contributed by atoms with E-state index in [0.29, 0.717) is 26.7 Å². The lowest BCUT2D eigenvalue weighted by Gasteiger charge is -2.15. The first-order valence-corrected chi connectivity index (χ1v) is 7.51. The quantitative estimate of drug-likeness (QED) is 0.757. The van der Waals surface area contributed by atoms with Crippen molar-refractivity contribution in [2.45, 2.75) is 6.10 Å². The highest BCUT2D eigenvalue weighted by Crippen LogP contribution is 2.29. The highest BCUT2D eigenvalue weighted by molar-refractivity contribution is 6.36. The molecule has 8 heteroatoms. The standard InChI is InChI=1S/C15H12Cl2N4O2/c16-10-2-1-3-11(17)14(10)13(22)8-19-15(23)9-6-20-21-5-4-18-7-12(9)21/h1-7,13,22H,8H2,(H,19,23)/t13-/m1/s1. The van der Waals surface area contributed by atoms with Gasteiger partial charge in [-0.3, -0.25) is 9.78 Å². The number of benzene rings is 1. The first kappa shape index (κ1) is 15.7. The minimum atomic E-state index is -1.01. The minimum absolute atomic E-state index is 0.0279. The van der Waals surface area contributed by atoms with Crippen LogP contribution in [-0.4, -0.2) is 32.2 Å².